The highest BCUT2D eigenvalue weighted by atomic mass is 19.1. The summed E-state index contributed by atoms with van der Waals surface area (Å²) in [4.78, 5) is 0. The van der Waals surface area contributed by atoms with E-state index in [-0.39, 0.29) is 5.46 Å². The summed E-state index contributed by atoms with van der Waals surface area (Å²) in [5.41, 5.74) is 2.69. The number of hydrogen-bond donors (Lipinski definition) is 2. The van der Waals surface area contributed by atoms with Gasteiger partial charge in [-0.3, -0.25) is 0 Å². The van der Waals surface area contributed by atoms with E-state index in [1.54, 1.807) is 6.07 Å². The molecule has 2 nitrogen and oxygen atoms in total. The molecule has 17 heavy (non-hydrogen) atoms. The van der Waals surface area contributed by atoms with Crippen LogP contribution in [-0.4, -0.2) is 17.2 Å². The maximum Gasteiger partial charge on any atom is 0.488 e. The SMILES string of the molecule is Cc1ccccc1-c1cc(F)cc(B(O)O)c1. The lowest BCUT2D eigenvalue weighted by molar-refractivity contribution is 0.425. The predicted molar refractivity (Wildman–Crippen MR) is 66.4 cm³/mol. The standard InChI is InChI=1S/C13H12BFO2/c1-9-4-2-3-5-13(9)10-6-11(14(16)17)8-12(15)7-10/h2-8,16-17H,1H3. The minimum Gasteiger partial charge on any atom is -0.423 e. The van der Waals surface area contributed by atoms with E-state index in [9.17, 15) is 4.39 Å². The Kier molecular flexibility index (Phi) is 3.27. The first kappa shape index (κ1) is 11.8. The Labute approximate surface area is 99.5 Å². The fourth-order valence-corrected chi connectivity index (χ4v) is 1.81. The van der Waals surface area contributed by atoms with E-state index in [0.29, 0.717) is 5.56 Å². The molecule has 0 aliphatic heterocycles. The highest BCUT2D eigenvalue weighted by Gasteiger charge is 2.14. The van der Waals surface area contributed by atoms with E-state index in [2.05, 4.69) is 0 Å². The minimum absolute atomic E-state index is 0.156. The number of rotatable bonds is 2. The van der Waals surface area contributed by atoms with Crippen molar-refractivity contribution in [2.75, 3.05) is 0 Å². The Bertz CT molecular complexity index is 541. The van der Waals surface area contributed by atoms with Gasteiger partial charge < -0.3 is 10.0 Å². The van der Waals surface area contributed by atoms with Gasteiger partial charge in [-0.05, 0) is 41.2 Å². The molecule has 2 aromatic carbocycles. The summed E-state index contributed by atoms with van der Waals surface area (Å²) >= 11 is 0. The van der Waals surface area contributed by atoms with E-state index in [1.807, 2.05) is 31.2 Å². The maximum absolute atomic E-state index is 13.4. The number of hydrogen-bond acceptors (Lipinski definition) is 2. The number of halogens is 1. The van der Waals surface area contributed by atoms with Crippen LogP contribution in [0.3, 0.4) is 0 Å². The molecule has 4 heteroatoms. The molecule has 0 fully saturated rings. The second-order valence-corrected chi connectivity index (χ2v) is 3.96. The third-order valence-corrected chi connectivity index (χ3v) is 2.67. The molecule has 86 valence electrons. The van der Waals surface area contributed by atoms with Crippen molar-refractivity contribution in [2.45, 2.75) is 6.92 Å². The zero-order valence-electron chi connectivity index (χ0n) is 9.39. The quantitative estimate of drug-likeness (QED) is 0.767. The second kappa shape index (κ2) is 4.69. The summed E-state index contributed by atoms with van der Waals surface area (Å²) in [6.07, 6.45) is 0. The Balaban J connectivity index is 2.56. The lowest BCUT2D eigenvalue weighted by atomic mass is 9.79. The lowest BCUT2D eigenvalue weighted by Gasteiger charge is -2.08. The minimum atomic E-state index is -1.66. The van der Waals surface area contributed by atoms with E-state index < -0.39 is 12.9 Å². The molecule has 0 amide bonds. The molecule has 0 saturated carbocycles. The average Bonchev–Trinajstić information content (AvgIpc) is 2.28. The zero-order chi connectivity index (χ0) is 12.4. The van der Waals surface area contributed by atoms with E-state index in [0.717, 1.165) is 17.2 Å². The molecule has 0 saturated heterocycles. The zero-order valence-corrected chi connectivity index (χ0v) is 9.39. The van der Waals surface area contributed by atoms with Gasteiger partial charge in [-0.25, -0.2) is 4.39 Å². The monoisotopic (exact) mass is 230 g/mol. The molecule has 2 rings (SSSR count). The molecule has 0 aliphatic rings. The highest BCUT2D eigenvalue weighted by Crippen LogP contribution is 2.22. The number of benzene rings is 2. The Morgan fingerprint density at radius 3 is 2.41 bits per heavy atom. The van der Waals surface area contributed by atoms with Gasteiger partial charge in [0.05, 0.1) is 0 Å². The van der Waals surface area contributed by atoms with Crippen molar-refractivity contribution in [3.8, 4) is 11.1 Å². The van der Waals surface area contributed by atoms with Crippen molar-refractivity contribution in [3.63, 3.8) is 0 Å². The molecular weight excluding hydrogens is 218 g/mol. The highest BCUT2D eigenvalue weighted by molar-refractivity contribution is 6.58. The molecule has 0 atom stereocenters. The van der Waals surface area contributed by atoms with Gasteiger partial charge >= 0.3 is 7.12 Å². The molecule has 0 heterocycles. The number of aryl methyl sites for hydroxylation is 1. The average molecular weight is 230 g/mol. The first-order valence-electron chi connectivity index (χ1n) is 5.30. The second-order valence-electron chi connectivity index (χ2n) is 3.96. The van der Waals surface area contributed by atoms with Crippen LogP contribution < -0.4 is 5.46 Å². The van der Waals surface area contributed by atoms with Crippen molar-refractivity contribution in [1.29, 1.82) is 0 Å². The van der Waals surface area contributed by atoms with Crippen LogP contribution in [0.25, 0.3) is 11.1 Å². The van der Waals surface area contributed by atoms with Gasteiger partial charge in [0.2, 0.25) is 0 Å². The van der Waals surface area contributed by atoms with Crippen LogP contribution in [0.4, 0.5) is 4.39 Å². The molecule has 2 N–H and O–H groups in total. The Morgan fingerprint density at radius 1 is 1.06 bits per heavy atom. The van der Waals surface area contributed by atoms with Gasteiger partial charge in [0.15, 0.2) is 0 Å². The van der Waals surface area contributed by atoms with Crippen molar-refractivity contribution in [1.82, 2.24) is 0 Å². The van der Waals surface area contributed by atoms with Gasteiger partial charge in [-0.1, -0.05) is 30.3 Å². The molecular formula is C13H12BFO2. The van der Waals surface area contributed by atoms with Crippen molar-refractivity contribution in [3.05, 3.63) is 53.8 Å². The van der Waals surface area contributed by atoms with Gasteiger partial charge in [-0.2, -0.15) is 0 Å². The van der Waals surface area contributed by atoms with Crippen LogP contribution in [0.2, 0.25) is 0 Å². The van der Waals surface area contributed by atoms with Crippen molar-refractivity contribution in [2.24, 2.45) is 0 Å². The summed E-state index contributed by atoms with van der Waals surface area (Å²) in [6, 6.07) is 11.6. The van der Waals surface area contributed by atoms with Gasteiger partial charge in [0.1, 0.15) is 5.82 Å². The van der Waals surface area contributed by atoms with Crippen LogP contribution in [0, 0.1) is 12.7 Å². The topological polar surface area (TPSA) is 40.5 Å². The predicted octanol–water partition coefficient (Wildman–Crippen LogP) is 1.48. The van der Waals surface area contributed by atoms with Gasteiger partial charge in [0, 0.05) is 0 Å². The molecule has 0 aliphatic carbocycles. The molecule has 0 spiro atoms. The van der Waals surface area contributed by atoms with Gasteiger partial charge in [0.25, 0.3) is 0 Å². The van der Waals surface area contributed by atoms with E-state index >= 15 is 0 Å². The van der Waals surface area contributed by atoms with Crippen LogP contribution in [-0.2, 0) is 0 Å². The van der Waals surface area contributed by atoms with Crippen molar-refractivity contribution < 1.29 is 14.4 Å². The maximum atomic E-state index is 13.4. The summed E-state index contributed by atoms with van der Waals surface area (Å²) < 4.78 is 13.4. The third kappa shape index (κ3) is 2.54. The summed E-state index contributed by atoms with van der Waals surface area (Å²) in [5, 5.41) is 18.2. The Morgan fingerprint density at radius 2 is 1.76 bits per heavy atom. The lowest BCUT2D eigenvalue weighted by Crippen LogP contribution is -2.30. The van der Waals surface area contributed by atoms with Crippen LogP contribution in [0.15, 0.2) is 42.5 Å². The van der Waals surface area contributed by atoms with Crippen LogP contribution >= 0.6 is 0 Å². The normalized spacial score (nSPS) is 10.4. The van der Waals surface area contributed by atoms with Crippen molar-refractivity contribution >= 4 is 12.6 Å². The Hall–Kier alpha value is -1.65. The van der Waals surface area contributed by atoms with Crippen LogP contribution in [0.5, 0.6) is 0 Å². The summed E-state index contributed by atoms with van der Waals surface area (Å²) in [6.45, 7) is 1.93. The molecule has 0 unspecified atom stereocenters. The largest absolute Gasteiger partial charge is 0.488 e. The smallest absolute Gasteiger partial charge is 0.423 e. The van der Waals surface area contributed by atoms with Gasteiger partial charge in [-0.15, -0.1) is 0 Å². The molecule has 0 radical (unpaired) electrons. The first-order valence-corrected chi connectivity index (χ1v) is 5.30. The summed E-state index contributed by atoms with van der Waals surface area (Å²) in [5.74, 6) is -0.478. The molecule has 0 bridgehead atoms. The fraction of sp³-hybridized carbons (Fsp3) is 0.0769. The molecule has 0 aromatic heterocycles. The molecule has 2 aromatic rings. The van der Waals surface area contributed by atoms with Crippen LogP contribution in [0.1, 0.15) is 5.56 Å². The fourth-order valence-electron chi connectivity index (χ4n) is 1.81. The first-order chi connectivity index (χ1) is 8.08. The van der Waals surface area contributed by atoms with E-state index in [4.69, 9.17) is 10.0 Å². The summed E-state index contributed by atoms with van der Waals surface area (Å²) in [7, 11) is -1.66. The van der Waals surface area contributed by atoms with E-state index in [1.165, 1.54) is 6.07 Å². The third-order valence-electron chi connectivity index (χ3n) is 2.67.